The molecule has 0 spiro atoms. The quantitative estimate of drug-likeness (QED) is 0.853. The van der Waals surface area contributed by atoms with E-state index >= 15 is 0 Å². The van der Waals surface area contributed by atoms with Crippen LogP contribution in [0.4, 0.5) is 10.5 Å². The second-order valence-electron chi connectivity index (χ2n) is 3.44. The number of carbonyl (C=O) groups is 2. The van der Waals surface area contributed by atoms with Crippen LogP contribution in [0, 0.1) is 0 Å². The van der Waals surface area contributed by atoms with Crippen molar-refractivity contribution < 1.29 is 9.59 Å². The molecule has 0 aromatic heterocycles. The summed E-state index contributed by atoms with van der Waals surface area (Å²) >= 11 is 5.76. The molecule has 4 nitrogen and oxygen atoms in total. The monoisotopic (exact) mass is 240 g/mol. The summed E-state index contributed by atoms with van der Waals surface area (Å²) in [6.07, 6.45) is 0. The molecule has 16 heavy (non-hydrogen) atoms. The van der Waals surface area contributed by atoms with Crippen LogP contribution in [-0.4, -0.2) is 17.9 Å². The average Bonchev–Trinajstić information content (AvgIpc) is 2.16. The van der Waals surface area contributed by atoms with Gasteiger partial charge < -0.3 is 10.6 Å². The Hall–Kier alpha value is -1.55. The zero-order valence-corrected chi connectivity index (χ0v) is 9.84. The van der Waals surface area contributed by atoms with E-state index in [1.807, 2.05) is 0 Å². The Morgan fingerprint density at radius 1 is 1.38 bits per heavy atom. The van der Waals surface area contributed by atoms with Crippen LogP contribution >= 0.6 is 11.6 Å². The molecule has 1 atom stereocenters. The Balaban J connectivity index is 2.55. The Kier molecular flexibility index (Phi) is 4.31. The van der Waals surface area contributed by atoms with Crippen LogP contribution in [-0.2, 0) is 4.79 Å². The number of ketones is 1. The van der Waals surface area contributed by atoms with Gasteiger partial charge >= 0.3 is 6.03 Å². The molecule has 0 aliphatic carbocycles. The standard InChI is InChI=1S/C11H13ClN2O2/c1-7(8(2)15)13-11(16)14-10-5-3-4-9(12)6-10/h3-7H,1-2H3,(H2,13,14,16). The molecule has 86 valence electrons. The minimum Gasteiger partial charge on any atom is -0.328 e. The van der Waals surface area contributed by atoms with Crippen molar-refractivity contribution in [1.82, 2.24) is 5.32 Å². The first-order chi connectivity index (χ1) is 7.49. The van der Waals surface area contributed by atoms with Gasteiger partial charge in [0, 0.05) is 10.7 Å². The zero-order valence-electron chi connectivity index (χ0n) is 9.08. The van der Waals surface area contributed by atoms with E-state index in [0.29, 0.717) is 10.7 Å². The minimum absolute atomic E-state index is 0.0961. The van der Waals surface area contributed by atoms with E-state index in [1.165, 1.54) is 6.92 Å². The number of urea groups is 1. The third kappa shape index (κ3) is 3.90. The summed E-state index contributed by atoms with van der Waals surface area (Å²) in [7, 11) is 0. The number of nitrogens with one attached hydrogen (secondary N) is 2. The second-order valence-corrected chi connectivity index (χ2v) is 3.88. The zero-order chi connectivity index (χ0) is 12.1. The van der Waals surface area contributed by atoms with E-state index in [0.717, 1.165) is 0 Å². The fraction of sp³-hybridized carbons (Fsp3) is 0.273. The van der Waals surface area contributed by atoms with Crippen molar-refractivity contribution in [3.8, 4) is 0 Å². The molecule has 1 rings (SSSR count). The van der Waals surface area contributed by atoms with Gasteiger partial charge in [0.05, 0.1) is 6.04 Å². The lowest BCUT2D eigenvalue weighted by atomic mass is 10.2. The van der Waals surface area contributed by atoms with Crippen molar-refractivity contribution in [2.24, 2.45) is 0 Å². The molecule has 0 saturated carbocycles. The van der Waals surface area contributed by atoms with Crippen LogP contribution in [0.25, 0.3) is 0 Å². The van der Waals surface area contributed by atoms with Crippen LogP contribution in [0.3, 0.4) is 0 Å². The van der Waals surface area contributed by atoms with Crippen molar-refractivity contribution in [3.05, 3.63) is 29.3 Å². The number of anilines is 1. The van der Waals surface area contributed by atoms with E-state index in [-0.39, 0.29) is 5.78 Å². The summed E-state index contributed by atoms with van der Waals surface area (Å²) in [5.74, 6) is -0.0961. The Bertz CT molecular complexity index is 407. The smallest absolute Gasteiger partial charge is 0.319 e. The van der Waals surface area contributed by atoms with E-state index in [9.17, 15) is 9.59 Å². The Labute approximate surface area is 99.0 Å². The van der Waals surface area contributed by atoms with Crippen molar-refractivity contribution in [1.29, 1.82) is 0 Å². The van der Waals surface area contributed by atoms with E-state index in [4.69, 9.17) is 11.6 Å². The maximum Gasteiger partial charge on any atom is 0.319 e. The highest BCUT2D eigenvalue weighted by Gasteiger charge is 2.10. The van der Waals surface area contributed by atoms with Crippen LogP contribution in [0.15, 0.2) is 24.3 Å². The SMILES string of the molecule is CC(=O)C(C)NC(=O)Nc1cccc(Cl)c1. The first-order valence-electron chi connectivity index (χ1n) is 4.82. The molecule has 0 aliphatic heterocycles. The lowest BCUT2D eigenvalue weighted by Gasteiger charge is -2.11. The lowest BCUT2D eigenvalue weighted by molar-refractivity contribution is -0.118. The van der Waals surface area contributed by atoms with E-state index in [1.54, 1.807) is 31.2 Å². The minimum atomic E-state index is -0.501. The summed E-state index contributed by atoms with van der Waals surface area (Å²) in [6, 6.07) is 5.85. The fourth-order valence-corrected chi connectivity index (χ4v) is 1.22. The highest BCUT2D eigenvalue weighted by atomic mass is 35.5. The first kappa shape index (κ1) is 12.5. The largest absolute Gasteiger partial charge is 0.328 e. The lowest BCUT2D eigenvalue weighted by Crippen LogP contribution is -2.39. The average molecular weight is 241 g/mol. The molecule has 5 heteroatoms. The predicted molar refractivity (Wildman–Crippen MR) is 63.7 cm³/mol. The maximum absolute atomic E-state index is 11.4. The molecule has 0 heterocycles. The van der Waals surface area contributed by atoms with Gasteiger partial charge in [-0.15, -0.1) is 0 Å². The molecule has 2 amide bonds. The second kappa shape index (κ2) is 5.51. The normalized spacial score (nSPS) is 11.7. The number of amides is 2. The summed E-state index contributed by atoms with van der Waals surface area (Å²) in [5.41, 5.74) is 0.584. The predicted octanol–water partition coefficient (Wildman–Crippen LogP) is 2.44. The molecular weight excluding hydrogens is 228 g/mol. The Morgan fingerprint density at radius 3 is 2.62 bits per heavy atom. The Morgan fingerprint density at radius 2 is 2.06 bits per heavy atom. The van der Waals surface area contributed by atoms with Crippen molar-refractivity contribution in [2.75, 3.05) is 5.32 Å². The summed E-state index contributed by atoms with van der Waals surface area (Å²) < 4.78 is 0. The van der Waals surface area contributed by atoms with Gasteiger partial charge in [-0.2, -0.15) is 0 Å². The van der Waals surface area contributed by atoms with Gasteiger partial charge in [0.1, 0.15) is 0 Å². The van der Waals surface area contributed by atoms with Gasteiger partial charge in [-0.3, -0.25) is 4.79 Å². The van der Waals surface area contributed by atoms with Gasteiger partial charge in [-0.25, -0.2) is 4.79 Å². The molecule has 1 aromatic carbocycles. The third-order valence-electron chi connectivity index (χ3n) is 2.04. The topological polar surface area (TPSA) is 58.2 Å². The van der Waals surface area contributed by atoms with E-state index < -0.39 is 12.1 Å². The molecule has 2 N–H and O–H groups in total. The fourth-order valence-electron chi connectivity index (χ4n) is 1.03. The summed E-state index contributed by atoms with van der Waals surface area (Å²) in [6.45, 7) is 3.05. The molecule has 1 unspecified atom stereocenters. The number of carbonyl (C=O) groups excluding carboxylic acids is 2. The van der Waals surface area contributed by atoms with Gasteiger partial charge in [0.15, 0.2) is 5.78 Å². The number of halogens is 1. The number of hydrogen-bond donors (Lipinski definition) is 2. The molecule has 0 radical (unpaired) electrons. The highest BCUT2D eigenvalue weighted by Crippen LogP contribution is 2.14. The van der Waals surface area contributed by atoms with Crippen LogP contribution in [0.2, 0.25) is 5.02 Å². The van der Waals surface area contributed by atoms with Crippen molar-refractivity contribution >= 4 is 29.1 Å². The van der Waals surface area contributed by atoms with E-state index in [2.05, 4.69) is 10.6 Å². The number of Topliss-reactive ketones (excluding diaryl/α,β-unsaturated/α-hetero) is 1. The number of rotatable bonds is 3. The van der Waals surface area contributed by atoms with Crippen LogP contribution in [0.5, 0.6) is 0 Å². The molecule has 1 aromatic rings. The molecule has 0 fully saturated rings. The first-order valence-corrected chi connectivity index (χ1v) is 5.20. The summed E-state index contributed by atoms with van der Waals surface area (Å²) in [5, 5.41) is 5.63. The molecule has 0 aliphatic rings. The maximum atomic E-state index is 11.4. The molecule has 0 bridgehead atoms. The number of benzene rings is 1. The van der Waals surface area contributed by atoms with Crippen molar-refractivity contribution in [3.63, 3.8) is 0 Å². The highest BCUT2D eigenvalue weighted by molar-refractivity contribution is 6.30. The molecular formula is C11H13ClN2O2. The van der Waals surface area contributed by atoms with Crippen molar-refractivity contribution in [2.45, 2.75) is 19.9 Å². The van der Waals surface area contributed by atoms with Gasteiger partial charge in [-0.05, 0) is 32.0 Å². The van der Waals surface area contributed by atoms with Gasteiger partial charge in [0.2, 0.25) is 0 Å². The number of hydrogen-bond acceptors (Lipinski definition) is 2. The van der Waals surface area contributed by atoms with Gasteiger partial charge in [0.25, 0.3) is 0 Å². The summed E-state index contributed by atoms with van der Waals surface area (Å²) in [4.78, 5) is 22.3. The third-order valence-corrected chi connectivity index (χ3v) is 2.27. The van der Waals surface area contributed by atoms with Crippen LogP contribution in [0.1, 0.15) is 13.8 Å². The van der Waals surface area contributed by atoms with Gasteiger partial charge in [-0.1, -0.05) is 17.7 Å². The molecule has 0 saturated heterocycles. The van der Waals surface area contributed by atoms with Crippen LogP contribution < -0.4 is 10.6 Å².